The SMILES string of the molecule is CCCc1ccc(S(=O)(=O)Nc2cc(C)[nH]n2)cc1. The van der Waals surface area contributed by atoms with Gasteiger partial charge in [0.25, 0.3) is 10.0 Å². The summed E-state index contributed by atoms with van der Waals surface area (Å²) in [5, 5.41) is 6.55. The molecule has 0 saturated heterocycles. The zero-order chi connectivity index (χ0) is 13.9. The second-order valence-electron chi connectivity index (χ2n) is 4.44. The molecule has 0 aliphatic heterocycles. The van der Waals surface area contributed by atoms with Gasteiger partial charge in [0, 0.05) is 11.8 Å². The first-order valence-electron chi connectivity index (χ1n) is 6.15. The first kappa shape index (κ1) is 13.6. The molecule has 2 N–H and O–H groups in total. The lowest BCUT2D eigenvalue weighted by molar-refractivity contribution is 0.601. The number of benzene rings is 1. The summed E-state index contributed by atoms with van der Waals surface area (Å²) >= 11 is 0. The fourth-order valence-electron chi connectivity index (χ4n) is 1.79. The van der Waals surface area contributed by atoms with Crippen LogP contribution in [0.15, 0.2) is 35.2 Å². The summed E-state index contributed by atoms with van der Waals surface area (Å²) in [6.07, 6.45) is 1.99. The highest BCUT2D eigenvalue weighted by Crippen LogP contribution is 2.16. The summed E-state index contributed by atoms with van der Waals surface area (Å²) < 4.78 is 26.7. The largest absolute Gasteiger partial charge is 0.281 e. The minimum absolute atomic E-state index is 0.244. The zero-order valence-corrected chi connectivity index (χ0v) is 11.8. The molecular formula is C13H17N3O2S. The molecule has 0 atom stereocenters. The molecule has 0 saturated carbocycles. The van der Waals surface area contributed by atoms with E-state index in [1.54, 1.807) is 18.2 Å². The van der Waals surface area contributed by atoms with Crippen LogP contribution in [0.3, 0.4) is 0 Å². The van der Waals surface area contributed by atoms with Crippen molar-refractivity contribution < 1.29 is 8.42 Å². The third-order valence-electron chi connectivity index (χ3n) is 2.72. The first-order chi connectivity index (χ1) is 9.01. The van der Waals surface area contributed by atoms with Gasteiger partial charge in [-0.2, -0.15) is 5.10 Å². The predicted octanol–water partition coefficient (Wildman–Crippen LogP) is 2.47. The number of sulfonamides is 1. The van der Waals surface area contributed by atoms with Crippen molar-refractivity contribution in [2.45, 2.75) is 31.6 Å². The Morgan fingerprint density at radius 1 is 1.26 bits per heavy atom. The average molecular weight is 279 g/mol. The molecule has 0 radical (unpaired) electrons. The summed E-state index contributed by atoms with van der Waals surface area (Å²) in [6, 6.07) is 8.56. The van der Waals surface area contributed by atoms with Crippen molar-refractivity contribution in [2.24, 2.45) is 0 Å². The van der Waals surface area contributed by atoms with E-state index in [1.165, 1.54) is 0 Å². The molecule has 19 heavy (non-hydrogen) atoms. The van der Waals surface area contributed by atoms with Crippen LogP contribution in [0.2, 0.25) is 0 Å². The Hall–Kier alpha value is -1.82. The standard InChI is InChI=1S/C13H17N3O2S/c1-3-4-11-5-7-12(8-6-11)19(17,18)16-13-9-10(2)14-15-13/h5-9H,3-4H2,1-2H3,(H2,14,15,16). The van der Waals surface area contributed by atoms with Crippen molar-refractivity contribution >= 4 is 15.8 Å². The maximum atomic E-state index is 12.1. The Labute approximate surface area is 113 Å². The van der Waals surface area contributed by atoms with Crippen molar-refractivity contribution in [1.82, 2.24) is 10.2 Å². The molecule has 0 fully saturated rings. The van der Waals surface area contributed by atoms with Gasteiger partial charge in [-0.3, -0.25) is 9.82 Å². The van der Waals surface area contributed by atoms with Crippen LogP contribution in [0.25, 0.3) is 0 Å². The zero-order valence-electron chi connectivity index (χ0n) is 11.0. The number of aryl methyl sites for hydroxylation is 2. The fraction of sp³-hybridized carbons (Fsp3) is 0.308. The van der Waals surface area contributed by atoms with Crippen molar-refractivity contribution in [2.75, 3.05) is 4.72 Å². The normalized spacial score (nSPS) is 11.5. The van der Waals surface area contributed by atoms with Crippen LogP contribution in [0.4, 0.5) is 5.82 Å². The number of hydrogen-bond donors (Lipinski definition) is 2. The molecule has 0 spiro atoms. The number of H-pyrrole nitrogens is 1. The fourth-order valence-corrected chi connectivity index (χ4v) is 2.78. The van der Waals surface area contributed by atoms with E-state index in [0.29, 0.717) is 5.82 Å². The first-order valence-corrected chi connectivity index (χ1v) is 7.63. The number of hydrogen-bond acceptors (Lipinski definition) is 3. The topological polar surface area (TPSA) is 74.8 Å². The Morgan fingerprint density at radius 3 is 2.47 bits per heavy atom. The lowest BCUT2D eigenvalue weighted by atomic mass is 10.1. The highest BCUT2D eigenvalue weighted by Gasteiger charge is 2.15. The summed E-state index contributed by atoms with van der Waals surface area (Å²) in [6.45, 7) is 3.90. The Bertz CT molecular complexity index is 645. The van der Waals surface area contributed by atoms with Gasteiger partial charge in [-0.15, -0.1) is 0 Å². The molecular weight excluding hydrogens is 262 g/mol. The second kappa shape index (κ2) is 5.44. The van der Waals surface area contributed by atoms with E-state index in [4.69, 9.17) is 0 Å². The van der Waals surface area contributed by atoms with E-state index < -0.39 is 10.0 Å². The van der Waals surface area contributed by atoms with E-state index in [0.717, 1.165) is 24.1 Å². The van der Waals surface area contributed by atoms with Gasteiger partial charge in [0.15, 0.2) is 5.82 Å². The molecule has 0 aliphatic carbocycles. The van der Waals surface area contributed by atoms with Crippen molar-refractivity contribution in [1.29, 1.82) is 0 Å². The van der Waals surface area contributed by atoms with Gasteiger partial charge >= 0.3 is 0 Å². The molecule has 0 aliphatic rings. The average Bonchev–Trinajstić information content (AvgIpc) is 2.75. The second-order valence-corrected chi connectivity index (χ2v) is 6.12. The number of anilines is 1. The van der Waals surface area contributed by atoms with Gasteiger partial charge in [0.2, 0.25) is 0 Å². The summed E-state index contributed by atoms with van der Waals surface area (Å²) in [5.74, 6) is 0.301. The molecule has 5 nitrogen and oxygen atoms in total. The summed E-state index contributed by atoms with van der Waals surface area (Å²) in [4.78, 5) is 0.244. The molecule has 2 aromatic rings. The van der Waals surface area contributed by atoms with E-state index in [9.17, 15) is 8.42 Å². The molecule has 0 bridgehead atoms. The monoisotopic (exact) mass is 279 g/mol. The molecule has 2 rings (SSSR count). The highest BCUT2D eigenvalue weighted by atomic mass is 32.2. The Morgan fingerprint density at radius 2 is 1.95 bits per heavy atom. The molecule has 0 amide bonds. The van der Waals surface area contributed by atoms with Crippen LogP contribution in [0, 0.1) is 6.92 Å². The molecule has 0 unspecified atom stereocenters. The smallest absolute Gasteiger partial charge is 0.263 e. The van der Waals surface area contributed by atoms with Gasteiger partial charge < -0.3 is 0 Å². The molecule has 1 aromatic carbocycles. The van der Waals surface area contributed by atoms with Crippen LogP contribution < -0.4 is 4.72 Å². The molecule has 1 heterocycles. The minimum atomic E-state index is -3.56. The number of nitrogens with one attached hydrogen (secondary N) is 2. The van der Waals surface area contributed by atoms with Crippen molar-refractivity contribution in [3.63, 3.8) is 0 Å². The van der Waals surface area contributed by atoms with Gasteiger partial charge in [-0.25, -0.2) is 8.42 Å². The summed E-state index contributed by atoms with van der Waals surface area (Å²) in [5.41, 5.74) is 1.94. The maximum Gasteiger partial charge on any atom is 0.263 e. The Balaban J connectivity index is 2.19. The van der Waals surface area contributed by atoms with Gasteiger partial charge in [-0.1, -0.05) is 25.5 Å². The number of rotatable bonds is 5. The van der Waals surface area contributed by atoms with E-state index in [1.807, 2.05) is 19.1 Å². The van der Waals surface area contributed by atoms with Crippen molar-refractivity contribution in [3.8, 4) is 0 Å². The van der Waals surface area contributed by atoms with Gasteiger partial charge in [-0.05, 0) is 31.0 Å². The third-order valence-corrected chi connectivity index (χ3v) is 4.09. The lowest BCUT2D eigenvalue weighted by Crippen LogP contribution is -2.13. The van der Waals surface area contributed by atoms with Crippen LogP contribution in [-0.2, 0) is 16.4 Å². The predicted molar refractivity (Wildman–Crippen MR) is 74.6 cm³/mol. The number of nitrogens with zero attached hydrogens (tertiary/aromatic N) is 1. The molecule has 6 heteroatoms. The van der Waals surface area contributed by atoms with E-state index in [2.05, 4.69) is 21.8 Å². The van der Waals surface area contributed by atoms with Crippen LogP contribution in [0.5, 0.6) is 0 Å². The quantitative estimate of drug-likeness (QED) is 0.883. The Kier molecular flexibility index (Phi) is 3.90. The molecule has 102 valence electrons. The summed E-state index contributed by atoms with van der Waals surface area (Å²) in [7, 11) is -3.56. The van der Waals surface area contributed by atoms with Gasteiger partial charge in [0.1, 0.15) is 0 Å². The molecule has 1 aromatic heterocycles. The van der Waals surface area contributed by atoms with Crippen LogP contribution in [0.1, 0.15) is 24.6 Å². The highest BCUT2D eigenvalue weighted by molar-refractivity contribution is 7.92. The van der Waals surface area contributed by atoms with E-state index in [-0.39, 0.29) is 4.90 Å². The minimum Gasteiger partial charge on any atom is -0.281 e. The number of aromatic nitrogens is 2. The number of aromatic amines is 1. The lowest BCUT2D eigenvalue weighted by Gasteiger charge is -2.06. The van der Waals surface area contributed by atoms with Crippen molar-refractivity contribution in [3.05, 3.63) is 41.6 Å². The maximum absolute atomic E-state index is 12.1. The van der Waals surface area contributed by atoms with Crippen LogP contribution in [-0.4, -0.2) is 18.6 Å². The van der Waals surface area contributed by atoms with Crippen LogP contribution >= 0.6 is 0 Å². The van der Waals surface area contributed by atoms with Gasteiger partial charge in [0.05, 0.1) is 4.90 Å². The third kappa shape index (κ3) is 3.35. The van der Waals surface area contributed by atoms with E-state index >= 15 is 0 Å².